The maximum atomic E-state index is 13.3. The van der Waals surface area contributed by atoms with Gasteiger partial charge in [0.25, 0.3) is 5.78 Å². The molecule has 1 aliphatic rings. The van der Waals surface area contributed by atoms with Crippen LogP contribution in [0.2, 0.25) is 0 Å². The number of pyridine rings is 1. The lowest BCUT2D eigenvalue weighted by Crippen LogP contribution is -2.16. The van der Waals surface area contributed by atoms with E-state index in [9.17, 15) is 4.39 Å². The van der Waals surface area contributed by atoms with Gasteiger partial charge in [0.15, 0.2) is 5.82 Å². The quantitative estimate of drug-likeness (QED) is 0.473. The number of nitrogens with zero attached hydrogens (tertiary/aromatic N) is 6. The van der Waals surface area contributed by atoms with Crippen LogP contribution in [0.5, 0.6) is 0 Å². The first-order chi connectivity index (χ1) is 14.2. The van der Waals surface area contributed by atoms with E-state index < -0.39 is 0 Å². The third kappa shape index (κ3) is 2.44. The van der Waals surface area contributed by atoms with Crippen LogP contribution in [-0.2, 0) is 5.41 Å². The average Bonchev–Trinajstić information content (AvgIpc) is 3.45. The molecule has 0 saturated heterocycles. The molecule has 0 unspecified atom stereocenters. The molecular formula is C22H15FN6. The summed E-state index contributed by atoms with van der Waals surface area (Å²) in [7, 11) is 0. The summed E-state index contributed by atoms with van der Waals surface area (Å²) < 4.78 is 15.0. The van der Waals surface area contributed by atoms with Crippen molar-refractivity contribution in [3.05, 3.63) is 84.2 Å². The van der Waals surface area contributed by atoms with Crippen molar-refractivity contribution in [2.45, 2.75) is 18.3 Å². The van der Waals surface area contributed by atoms with Gasteiger partial charge in [-0.05, 0) is 54.8 Å². The molecule has 0 bridgehead atoms. The molecule has 3 aromatic heterocycles. The monoisotopic (exact) mass is 382 g/mol. The molecule has 2 aromatic carbocycles. The molecule has 6 rings (SSSR count). The molecule has 0 radical (unpaired) electrons. The van der Waals surface area contributed by atoms with Crippen LogP contribution in [0.3, 0.4) is 0 Å². The number of halogens is 1. The molecule has 0 N–H and O–H groups in total. The van der Waals surface area contributed by atoms with Crippen molar-refractivity contribution in [3.63, 3.8) is 0 Å². The Hall–Kier alpha value is -3.74. The lowest BCUT2D eigenvalue weighted by Gasteiger charge is -2.16. The molecular weight excluding hydrogens is 367 g/mol. The summed E-state index contributed by atoms with van der Waals surface area (Å²) in [5.41, 5.74) is 3.33. The maximum Gasteiger partial charge on any atom is 0.271 e. The molecule has 1 fully saturated rings. The molecule has 0 amide bonds. The fourth-order valence-electron chi connectivity index (χ4n) is 4.00. The van der Waals surface area contributed by atoms with Gasteiger partial charge in [-0.3, -0.25) is 4.98 Å². The number of para-hydroxylation sites is 1. The fourth-order valence-corrected chi connectivity index (χ4v) is 4.00. The van der Waals surface area contributed by atoms with E-state index in [1.807, 2.05) is 24.4 Å². The molecule has 5 aromatic rings. The average molecular weight is 382 g/mol. The van der Waals surface area contributed by atoms with E-state index >= 15 is 0 Å². The maximum absolute atomic E-state index is 13.3. The zero-order chi connectivity index (χ0) is 19.4. The van der Waals surface area contributed by atoms with Gasteiger partial charge in [0.2, 0.25) is 0 Å². The van der Waals surface area contributed by atoms with Gasteiger partial charge >= 0.3 is 0 Å². The van der Waals surface area contributed by atoms with Crippen molar-refractivity contribution in [2.75, 3.05) is 0 Å². The number of hydrogen-bond acceptors (Lipinski definition) is 5. The highest BCUT2D eigenvalue weighted by Gasteiger charge is 2.51. The Kier molecular flexibility index (Phi) is 3.29. The van der Waals surface area contributed by atoms with E-state index in [2.05, 4.69) is 32.3 Å². The van der Waals surface area contributed by atoms with Crippen molar-refractivity contribution >= 4 is 16.7 Å². The lowest BCUT2D eigenvalue weighted by atomic mass is 9.92. The van der Waals surface area contributed by atoms with Crippen LogP contribution < -0.4 is 0 Å². The molecule has 1 saturated carbocycles. The van der Waals surface area contributed by atoms with Crippen molar-refractivity contribution < 1.29 is 4.39 Å². The van der Waals surface area contributed by atoms with E-state index in [0.717, 1.165) is 35.1 Å². The van der Waals surface area contributed by atoms with Crippen LogP contribution in [0.1, 0.15) is 24.2 Å². The van der Waals surface area contributed by atoms with E-state index in [-0.39, 0.29) is 11.2 Å². The van der Waals surface area contributed by atoms with Crippen LogP contribution in [0, 0.1) is 5.82 Å². The summed E-state index contributed by atoms with van der Waals surface area (Å²) in [6.07, 6.45) is 5.41. The van der Waals surface area contributed by atoms with E-state index in [1.54, 1.807) is 22.8 Å². The van der Waals surface area contributed by atoms with E-state index in [0.29, 0.717) is 11.5 Å². The first-order valence-electron chi connectivity index (χ1n) is 9.44. The van der Waals surface area contributed by atoms with Crippen molar-refractivity contribution in [2.24, 2.45) is 0 Å². The predicted molar refractivity (Wildman–Crippen MR) is 106 cm³/mol. The third-order valence-corrected chi connectivity index (χ3v) is 5.62. The zero-order valence-electron chi connectivity index (χ0n) is 15.3. The topological polar surface area (TPSA) is 68.9 Å². The van der Waals surface area contributed by atoms with Gasteiger partial charge in [0, 0.05) is 17.1 Å². The Morgan fingerprint density at radius 1 is 0.897 bits per heavy atom. The Balaban J connectivity index is 1.54. The lowest BCUT2D eigenvalue weighted by molar-refractivity contribution is 0.628. The minimum Gasteiger partial charge on any atom is -0.256 e. The van der Waals surface area contributed by atoms with Gasteiger partial charge in [-0.15, -0.1) is 10.2 Å². The number of fused-ring (bicyclic) bond motifs is 2. The summed E-state index contributed by atoms with van der Waals surface area (Å²) in [5.74, 6) is 0.949. The van der Waals surface area contributed by atoms with Crippen LogP contribution in [0.25, 0.3) is 27.9 Å². The summed E-state index contributed by atoms with van der Waals surface area (Å²) in [6.45, 7) is 0. The second kappa shape index (κ2) is 5.88. The van der Waals surface area contributed by atoms with Gasteiger partial charge in [-0.2, -0.15) is 9.61 Å². The highest BCUT2D eigenvalue weighted by Crippen LogP contribution is 2.54. The van der Waals surface area contributed by atoms with Gasteiger partial charge in [0.1, 0.15) is 11.5 Å². The second-order valence-electron chi connectivity index (χ2n) is 7.34. The van der Waals surface area contributed by atoms with Gasteiger partial charge in [0.05, 0.1) is 17.1 Å². The molecule has 0 aliphatic heterocycles. The van der Waals surface area contributed by atoms with Crippen LogP contribution in [0.4, 0.5) is 4.39 Å². The SMILES string of the molecule is Fc1ccc(-c2cnc3nnc(C4(c5ccnc6ccccc56)CC4)n3n2)cc1. The molecule has 140 valence electrons. The molecule has 0 spiro atoms. The Morgan fingerprint density at radius 3 is 2.55 bits per heavy atom. The summed E-state index contributed by atoms with van der Waals surface area (Å²) in [5, 5.41) is 14.6. The number of hydrogen-bond donors (Lipinski definition) is 0. The number of rotatable bonds is 3. The Labute approximate surface area is 165 Å². The minimum absolute atomic E-state index is 0.252. The fraction of sp³-hybridized carbons (Fsp3) is 0.136. The first kappa shape index (κ1) is 16.2. The molecule has 0 atom stereocenters. The van der Waals surface area contributed by atoms with Crippen LogP contribution >= 0.6 is 0 Å². The van der Waals surface area contributed by atoms with Gasteiger partial charge < -0.3 is 0 Å². The molecule has 29 heavy (non-hydrogen) atoms. The smallest absolute Gasteiger partial charge is 0.256 e. The summed E-state index contributed by atoms with van der Waals surface area (Å²) >= 11 is 0. The number of benzene rings is 2. The van der Waals surface area contributed by atoms with Crippen molar-refractivity contribution in [1.82, 2.24) is 29.8 Å². The van der Waals surface area contributed by atoms with Crippen LogP contribution in [0.15, 0.2) is 67.0 Å². The Morgan fingerprint density at radius 2 is 1.72 bits per heavy atom. The van der Waals surface area contributed by atoms with E-state index in [4.69, 9.17) is 5.10 Å². The highest BCUT2D eigenvalue weighted by atomic mass is 19.1. The largest absolute Gasteiger partial charge is 0.271 e. The molecule has 1 aliphatic carbocycles. The van der Waals surface area contributed by atoms with Crippen LogP contribution in [-0.4, -0.2) is 29.8 Å². The molecule has 3 heterocycles. The molecule has 7 heteroatoms. The van der Waals surface area contributed by atoms with Gasteiger partial charge in [-0.25, -0.2) is 9.37 Å². The zero-order valence-corrected chi connectivity index (χ0v) is 15.3. The summed E-state index contributed by atoms with van der Waals surface area (Å²) in [6, 6.07) is 16.4. The second-order valence-corrected chi connectivity index (χ2v) is 7.34. The Bertz CT molecular complexity index is 1370. The first-order valence-corrected chi connectivity index (χ1v) is 9.44. The summed E-state index contributed by atoms with van der Waals surface area (Å²) in [4.78, 5) is 8.90. The standard InChI is InChI=1S/C22H15FN6/c23-15-7-5-14(6-8-15)19-13-25-21-27-26-20(29(21)28-19)22(10-11-22)17-9-12-24-18-4-2-1-3-16(17)18/h1-9,12-13H,10-11H2. The minimum atomic E-state index is -0.283. The number of aromatic nitrogens is 6. The van der Waals surface area contributed by atoms with Crippen molar-refractivity contribution in [3.8, 4) is 11.3 Å². The highest BCUT2D eigenvalue weighted by molar-refractivity contribution is 5.84. The van der Waals surface area contributed by atoms with Gasteiger partial charge in [-0.1, -0.05) is 18.2 Å². The normalized spacial score (nSPS) is 15.1. The third-order valence-electron chi connectivity index (χ3n) is 5.62. The predicted octanol–water partition coefficient (Wildman–Crippen LogP) is 3.95. The van der Waals surface area contributed by atoms with E-state index in [1.165, 1.54) is 17.7 Å². The molecule has 6 nitrogen and oxygen atoms in total. The van der Waals surface area contributed by atoms with Crippen molar-refractivity contribution in [1.29, 1.82) is 0 Å².